The first kappa shape index (κ1) is 17.8. The molecule has 1 aliphatic rings. The summed E-state index contributed by atoms with van der Waals surface area (Å²) in [5.74, 6) is 1.48. The van der Waals surface area contributed by atoms with Crippen molar-refractivity contribution < 1.29 is 19.0 Å². The highest BCUT2D eigenvalue weighted by molar-refractivity contribution is 9.11. The molecule has 0 aliphatic carbocycles. The molecule has 0 fully saturated rings. The van der Waals surface area contributed by atoms with Gasteiger partial charge >= 0.3 is 0 Å². The Morgan fingerprint density at radius 3 is 2.64 bits per heavy atom. The lowest BCUT2D eigenvalue weighted by molar-refractivity contribution is -0.130. The third-order valence-corrected chi connectivity index (χ3v) is 4.59. The van der Waals surface area contributed by atoms with Crippen LogP contribution in [0, 0.1) is 0 Å². The molecule has 2 aromatic carbocycles. The van der Waals surface area contributed by atoms with E-state index >= 15 is 0 Å². The molecular weight excluding hydrogens is 456 g/mol. The van der Waals surface area contributed by atoms with Crippen LogP contribution in [-0.4, -0.2) is 31.9 Å². The molecule has 0 unspecified atom stereocenters. The molecule has 0 bridgehead atoms. The summed E-state index contributed by atoms with van der Waals surface area (Å²) in [6.45, 7) is 0.137. The number of carbonyl (C=O) groups excluding carboxylic acids is 1. The molecule has 1 amide bonds. The Morgan fingerprint density at radius 2 is 1.96 bits per heavy atom. The summed E-state index contributed by atoms with van der Waals surface area (Å²) in [6.07, 6.45) is 0.784. The van der Waals surface area contributed by atoms with Crippen molar-refractivity contribution >= 4 is 44.0 Å². The molecule has 25 heavy (non-hydrogen) atoms. The number of nitrogens with one attached hydrogen (secondary N) is 1. The van der Waals surface area contributed by atoms with Crippen molar-refractivity contribution in [1.82, 2.24) is 5.43 Å². The number of fused-ring (bicyclic) bond motifs is 1. The molecule has 8 heteroatoms. The molecular formula is C17H14Br2N2O4. The van der Waals surface area contributed by atoms with Crippen molar-refractivity contribution in [2.75, 3.05) is 13.7 Å². The fourth-order valence-electron chi connectivity index (χ4n) is 2.24. The lowest BCUT2D eigenvalue weighted by Crippen LogP contribution is -2.42. The fourth-order valence-corrected chi connectivity index (χ4v) is 3.79. The highest BCUT2D eigenvalue weighted by Crippen LogP contribution is 2.34. The van der Waals surface area contributed by atoms with Crippen molar-refractivity contribution in [1.29, 1.82) is 0 Å². The third kappa shape index (κ3) is 4.13. The summed E-state index contributed by atoms with van der Waals surface area (Å²) in [5.41, 5.74) is 3.25. The highest BCUT2D eigenvalue weighted by atomic mass is 79.9. The van der Waals surface area contributed by atoms with Crippen LogP contribution in [0.4, 0.5) is 0 Å². The average Bonchev–Trinajstić information content (AvgIpc) is 2.61. The minimum atomic E-state index is -0.749. The number of halogens is 2. The maximum absolute atomic E-state index is 12.2. The topological polar surface area (TPSA) is 69.2 Å². The molecule has 130 valence electrons. The second-order valence-electron chi connectivity index (χ2n) is 5.12. The van der Waals surface area contributed by atoms with Crippen LogP contribution in [0.1, 0.15) is 5.56 Å². The predicted molar refractivity (Wildman–Crippen MR) is 100 cm³/mol. The van der Waals surface area contributed by atoms with E-state index in [-0.39, 0.29) is 12.5 Å². The molecule has 1 N–H and O–H groups in total. The van der Waals surface area contributed by atoms with Crippen molar-refractivity contribution in [3.05, 3.63) is 50.9 Å². The summed E-state index contributed by atoms with van der Waals surface area (Å²) in [6, 6.07) is 10.9. The number of hydrazone groups is 1. The zero-order valence-electron chi connectivity index (χ0n) is 13.2. The van der Waals surface area contributed by atoms with Gasteiger partial charge in [0.15, 0.2) is 11.5 Å². The Balaban J connectivity index is 1.62. The number of carbonyl (C=O) groups is 1. The number of hydrogen-bond donors (Lipinski definition) is 1. The molecule has 2 aromatic rings. The molecule has 0 spiro atoms. The number of para-hydroxylation sites is 2. The second kappa shape index (κ2) is 7.88. The fraction of sp³-hybridized carbons (Fsp3) is 0.176. The number of hydrogen-bond acceptors (Lipinski definition) is 5. The Bertz CT molecular complexity index is 803. The van der Waals surface area contributed by atoms with Crippen LogP contribution in [0.5, 0.6) is 17.2 Å². The van der Waals surface area contributed by atoms with Gasteiger partial charge in [0.25, 0.3) is 5.91 Å². The number of rotatable bonds is 4. The van der Waals surface area contributed by atoms with Gasteiger partial charge in [-0.25, -0.2) is 5.43 Å². The molecule has 1 atom stereocenters. The van der Waals surface area contributed by atoms with Crippen LogP contribution in [0.25, 0.3) is 0 Å². The predicted octanol–water partition coefficient (Wildman–Crippen LogP) is 3.51. The summed E-state index contributed by atoms with van der Waals surface area (Å²) >= 11 is 6.83. The summed E-state index contributed by atoms with van der Waals surface area (Å²) < 4.78 is 17.9. The van der Waals surface area contributed by atoms with E-state index in [1.807, 2.05) is 24.3 Å². The van der Waals surface area contributed by atoms with E-state index in [2.05, 4.69) is 42.4 Å². The first-order valence-electron chi connectivity index (χ1n) is 7.33. The van der Waals surface area contributed by atoms with Crippen LogP contribution in [0.3, 0.4) is 0 Å². The van der Waals surface area contributed by atoms with Gasteiger partial charge in [-0.15, -0.1) is 0 Å². The number of amides is 1. The molecule has 0 saturated carbocycles. The van der Waals surface area contributed by atoms with Crippen molar-refractivity contribution in [3.8, 4) is 17.2 Å². The molecule has 3 rings (SSSR count). The Morgan fingerprint density at radius 1 is 1.28 bits per heavy atom. The van der Waals surface area contributed by atoms with Crippen molar-refractivity contribution in [2.24, 2.45) is 5.10 Å². The minimum absolute atomic E-state index is 0.137. The van der Waals surface area contributed by atoms with Gasteiger partial charge in [0.2, 0.25) is 6.10 Å². The Labute approximate surface area is 161 Å². The van der Waals surface area contributed by atoms with Crippen LogP contribution in [-0.2, 0) is 4.79 Å². The molecule has 1 heterocycles. The van der Waals surface area contributed by atoms with Crippen molar-refractivity contribution in [2.45, 2.75) is 6.10 Å². The third-order valence-electron chi connectivity index (χ3n) is 3.41. The first-order chi connectivity index (χ1) is 12.1. The van der Waals surface area contributed by atoms with Gasteiger partial charge in [-0.1, -0.05) is 12.1 Å². The molecule has 1 aliphatic heterocycles. The van der Waals surface area contributed by atoms with E-state index in [0.29, 0.717) is 17.2 Å². The lowest BCUT2D eigenvalue weighted by atomic mass is 10.2. The zero-order valence-corrected chi connectivity index (χ0v) is 16.3. The zero-order chi connectivity index (χ0) is 17.8. The molecule has 0 radical (unpaired) electrons. The molecule has 0 aromatic heterocycles. The van der Waals surface area contributed by atoms with E-state index < -0.39 is 6.10 Å². The average molecular weight is 470 g/mol. The summed E-state index contributed by atoms with van der Waals surface area (Å²) in [4.78, 5) is 12.2. The van der Waals surface area contributed by atoms with Gasteiger partial charge in [0, 0.05) is 0 Å². The maximum Gasteiger partial charge on any atom is 0.284 e. The van der Waals surface area contributed by atoms with E-state index in [0.717, 1.165) is 14.5 Å². The Hall–Kier alpha value is -2.06. The number of nitrogens with zero attached hydrogens (tertiary/aromatic N) is 1. The number of benzene rings is 2. The standard InChI is InChI=1S/C17H14Br2N2O4/c1-23-16-11(18)6-10(7-12(16)19)8-20-21-17(22)15-9-24-13-4-2-3-5-14(13)25-15/h2-8,15H,9H2,1H3,(H,21,22)/b20-8-/t15-/m1/s1. The van der Waals surface area contributed by atoms with E-state index in [4.69, 9.17) is 14.2 Å². The second-order valence-corrected chi connectivity index (χ2v) is 6.82. The van der Waals surface area contributed by atoms with Gasteiger partial charge in [-0.3, -0.25) is 4.79 Å². The normalized spacial score (nSPS) is 15.9. The summed E-state index contributed by atoms with van der Waals surface area (Å²) in [7, 11) is 1.59. The smallest absolute Gasteiger partial charge is 0.284 e. The van der Waals surface area contributed by atoms with Crippen LogP contribution in [0.15, 0.2) is 50.4 Å². The SMILES string of the molecule is COc1c(Br)cc(/C=N\NC(=O)[C@H]2COc3ccccc3O2)cc1Br. The molecule has 0 saturated heterocycles. The van der Waals surface area contributed by atoms with Crippen LogP contribution >= 0.6 is 31.9 Å². The van der Waals surface area contributed by atoms with E-state index in [1.54, 1.807) is 19.2 Å². The first-order valence-corrected chi connectivity index (χ1v) is 8.91. The van der Waals surface area contributed by atoms with Gasteiger partial charge < -0.3 is 14.2 Å². The van der Waals surface area contributed by atoms with Gasteiger partial charge in [-0.05, 0) is 61.7 Å². The minimum Gasteiger partial charge on any atom is -0.494 e. The summed E-state index contributed by atoms with van der Waals surface area (Å²) in [5, 5.41) is 3.97. The highest BCUT2D eigenvalue weighted by Gasteiger charge is 2.26. The van der Waals surface area contributed by atoms with Gasteiger partial charge in [-0.2, -0.15) is 5.10 Å². The number of ether oxygens (including phenoxy) is 3. The van der Waals surface area contributed by atoms with Crippen molar-refractivity contribution in [3.63, 3.8) is 0 Å². The maximum atomic E-state index is 12.2. The van der Waals surface area contributed by atoms with Gasteiger partial charge in [0.1, 0.15) is 12.4 Å². The Kier molecular flexibility index (Phi) is 5.60. The van der Waals surface area contributed by atoms with E-state index in [1.165, 1.54) is 6.21 Å². The van der Waals surface area contributed by atoms with Crippen LogP contribution in [0.2, 0.25) is 0 Å². The van der Waals surface area contributed by atoms with Gasteiger partial charge in [0.05, 0.1) is 22.3 Å². The van der Waals surface area contributed by atoms with E-state index in [9.17, 15) is 4.79 Å². The lowest BCUT2D eigenvalue weighted by Gasteiger charge is -2.24. The number of methoxy groups -OCH3 is 1. The monoisotopic (exact) mass is 468 g/mol. The quantitative estimate of drug-likeness (QED) is 0.549. The molecule has 6 nitrogen and oxygen atoms in total. The van der Waals surface area contributed by atoms with Crippen LogP contribution < -0.4 is 19.6 Å². The largest absolute Gasteiger partial charge is 0.494 e.